The van der Waals surface area contributed by atoms with Crippen LogP contribution in [0.1, 0.15) is 54.0 Å². The number of aryl methyl sites for hydroxylation is 1. The highest BCUT2D eigenvalue weighted by Gasteiger charge is 2.56. The monoisotopic (exact) mass is 510 g/mol. The summed E-state index contributed by atoms with van der Waals surface area (Å²) in [4.78, 5) is 55.2. The van der Waals surface area contributed by atoms with Crippen molar-refractivity contribution in [3.8, 4) is 17.2 Å². The summed E-state index contributed by atoms with van der Waals surface area (Å²) in [5, 5.41) is 30.4. The average molecular weight is 511 g/mol. The first kappa shape index (κ1) is 25.6. The van der Waals surface area contributed by atoms with Crippen LogP contribution in [0, 0.1) is 13.8 Å². The van der Waals surface area contributed by atoms with Crippen molar-refractivity contribution in [2.24, 2.45) is 0 Å². The van der Waals surface area contributed by atoms with Gasteiger partial charge >= 0.3 is 0 Å². The molecule has 2 heterocycles. The van der Waals surface area contributed by atoms with Crippen molar-refractivity contribution >= 4 is 23.3 Å². The smallest absolute Gasteiger partial charge is 0.239 e. The maximum Gasteiger partial charge on any atom is 0.239 e. The number of hydrogen-bond acceptors (Lipinski definition) is 11. The van der Waals surface area contributed by atoms with Crippen LogP contribution in [-0.2, 0) is 26.2 Å². The Balaban J connectivity index is 1.58. The summed E-state index contributed by atoms with van der Waals surface area (Å²) in [6, 6.07) is 0. The van der Waals surface area contributed by atoms with E-state index in [0.717, 1.165) is 6.08 Å². The standard InChI is InChI=1S/C25H26N4O8/c1-10-21(33)19(12(3)30)23-20(22(10)34)25(5)15(36-23)8-14(31)18(24(25)35)11(2)27-9-16(32)26-7-6-17-28-13(4)29-37-17/h8,27,33-34H,6-7,9H2,1-5H3,(H,26,32). The van der Waals surface area contributed by atoms with Gasteiger partial charge in [-0.25, -0.2) is 0 Å². The van der Waals surface area contributed by atoms with Crippen LogP contribution in [0.2, 0.25) is 0 Å². The van der Waals surface area contributed by atoms with Crippen molar-refractivity contribution < 1.29 is 38.7 Å². The lowest BCUT2D eigenvalue weighted by molar-refractivity contribution is -0.124. The number of rotatable bonds is 7. The van der Waals surface area contributed by atoms with Crippen molar-refractivity contribution in [2.75, 3.05) is 13.1 Å². The first-order valence-corrected chi connectivity index (χ1v) is 11.5. The minimum atomic E-state index is -1.63. The van der Waals surface area contributed by atoms with Crippen LogP contribution in [-0.4, -0.2) is 56.7 Å². The third-order valence-corrected chi connectivity index (χ3v) is 6.50. The molecule has 2 aromatic rings. The third-order valence-electron chi connectivity index (χ3n) is 6.50. The number of hydrogen-bond donors (Lipinski definition) is 4. The van der Waals surface area contributed by atoms with E-state index in [9.17, 15) is 29.4 Å². The number of phenolic OH excluding ortho intramolecular Hbond substituents is 2. The van der Waals surface area contributed by atoms with Crippen molar-refractivity contribution in [2.45, 2.75) is 46.5 Å². The Morgan fingerprint density at radius 3 is 2.43 bits per heavy atom. The second-order valence-electron chi connectivity index (χ2n) is 9.08. The molecular weight excluding hydrogens is 484 g/mol. The van der Waals surface area contributed by atoms with Gasteiger partial charge in [-0.3, -0.25) is 19.2 Å². The fraction of sp³-hybridized carbons (Fsp3) is 0.360. The number of ether oxygens (including phenoxy) is 1. The zero-order chi connectivity index (χ0) is 27.2. The molecule has 0 bridgehead atoms. The van der Waals surface area contributed by atoms with E-state index in [-0.39, 0.29) is 52.6 Å². The number of nitrogens with zero attached hydrogens (tertiary/aromatic N) is 2. The molecule has 4 rings (SSSR count). The first-order valence-electron chi connectivity index (χ1n) is 11.5. The summed E-state index contributed by atoms with van der Waals surface area (Å²) < 4.78 is 10.7. The molecule has 2 aliphatic rings. The number of amides is 1. The number of aromatic nitrogens is 2. The summed E-state index contributed by atoms with van der Waals surface area (Å²) >= 11 is 0. The van der Waals surface area contributed by atoms with Crippen molar-refractivity contribution in [1.29, 1.82) is 0 Å². The van der Waals surface area contributed by atoms with E-state index in [1.165, 1.54) is 27.7 Å². The molecule has 1 atom stereocenters. The fourth-order valence-corrected chi connectivity index (χ4v) is 4.48. The predicted octanol–water partition coefficient (Wildman–Crippen LogP) is 1.21. The molecule has 12 heteroatoms. The van der Waals surface area contributed by atoms with Gasteiger partial charge in [-0.2, -0.15) is 4.98 Å². The van der Waals surface area contributed by atoms with Crippen molar-refractivity contribution in [3.63, 3.8) is 0 Å². The maximum atomic E-state index is 13.7. The number of phenols is 2. The van der Waals surface area contributed by atoms with Gasteiger partial charge in [-0.05, 0) is 34.6 Å². The Bertz CT molecular complexity index is 1430. The van der Waals surface area contributed by atoms with E-state index in [1.54, 1.807) is 6.92 Å². The van der Waals surface area contributed by atoms with E-state index in [0.29, 0.717) is 18.1 Å². The molecule has 1 amide bonds. The van der Waals surface area contributed by atoms with E-state index >= 15 is 0 Å². The Hall–Kier alpha value is -4.48. The number of ketones is 3. The average Bonchev–Trinajstić information content (AvgIpc) is 3.37. The van der Waals surface area contributed by atoms with E-state index in [2.05, 4.69) is 20.8 Å². The number of carbonyl (C=O) groups excluding carboxylic acids is 4. The van der Waals surface area contributed by atoms with Gasteiger partial charge in [-0.15, -0.1) is 0 Å². The Labute approximate surface area is 211 Å². The molecule has 0 saturated heterocycles. The Kier molecular flexibility index (Phi) is 6.36. The van der Waals surface area contributed by atoms with Gasteiger partial charge in [0.25, 0.3) is 0 Å². The summed E-state index contributed by atoms with van der Waals surface area (Å²) in [6.45, 7) is 7.30. The minimum Gasteiger partial charge on any atom is -0.507 e. The molecule has 1 aromatic carbocycles. The second-order valence-corrected chi connectivity index (χ2v) is 9.08. The van der Waals surface area contributed by atoms with Crippen LogP contribution < -0.4 is 15.4 Å². The molecule has 0 spiro atoms. The second kappa shape index (κ2) is 9.19. The molecule has 0 radical (unpaired) electrons. The number of nitrogens with one attached hydrogen (secondary N) is 2. The summed E-state index contributed by atoms with van der Waals surface area (Å²) in [5.74, 6) is -2.48. The summed E-state index contributed by atoms with van der Waals surface area (Å²) in [5.41, 5.74) is -1.87. The van der Waals surface area contributed by atoms with Crippen molar-refractivity contribution in [1.82, 2.24) is 20.8 Å². The highest BCUT2D eigenvalue weighted by molar-refractivity contribution is 6.31. The van der Waals surface area contributed by atoms with E-state index in [4.69, 9.17) is 9.26 Å². The number of carbonyl (C=O) groups is 4. The van der Waals surface area contributed by atoms with Gasteiger partial charge in [0.15, 0.2) is 23.2 Å². The quantitative estimate of drug-likeness (QED) is 0.239. The first-order chi connectivity index (χ1) is 17.4. The lowest BCUT2D eigenvalue weighted by Crippen LogP contribution is -2.42. The fourth-order valence-electron chi connectivity index (χ4n) is 4.48. The molecule has 1 aliphatic heterocycles. The molecule has 1 unspecified atom stereocenters. The number of benzene rings is 1. The van der Waals surface area contributed by atoms with Crippen LogP contribution in [0.25, 0.3) is 0 Å². The molecule has 37 heavy (non-hydrogen) atoms. The minimum absolute atomic E-state index is 0.00365. The van der Waals surface area contributed by atoms with Gasteiger partial charge < -0.3 is 30.1 Å². The van der Waals surface area contributed by atoms with Crippen LogP contribution >= 0.6 is 0 Å². The van der Waals surface area contributed by atoms with Crippen LogP contribution in [0.3, 0.4) is 0 Å². The molecule has 194 valence electrons. The number of aromatic hydroxyl groups is 2. The number of fused-ring (bicyclic) bond motifs is 3. The normalized spacial score (nSPS) is 19.5. The van der Waals surface area contributed by atoms with Crippen LogP contribution in [0.4, 0.5) is 0 Å². The van der Waals surface area contributed by atoms with Crippen LogP contribution in [0.5, 0.6) is 17.2 Å². The number of Topliss-reactive ketones (excluding diaryl/α,β-unsaturated/α-hetero) is 2. The highest BCUT2D eigenvalue weighted by Crippen LogP contribution is 2.57. The lowest BCUT2D eigenvalue weighted by atomic mass is 9.70. The van der Waals surface area contributed by atoms with Gasteiger partial charge in [0, 0.05) is 30.3 Å². The largest absolute Gasteiger partial charge is 0.507 e. The Morgan fingerprint density at radius 1 is 1.11 bits per heavy atom. The van der Waals surface area contributed by atoms with E-state index < -0.39 is 40.2 Å². The van der Waals surface area contributed by atoms with Gasteiger partial charge in [0.2, 0.25) is 11.8 Å². The van der Waals surface area contributed by atoms with Gasteiger partial charge in [0.05, 0.1) is 17.7 Å². The molecule has 0 saturated carbocycles. The molecule has 12 nitrogen and oxygen atoms in total. The number of allylic oxidation sites excluding steroid dienone is 4. The SMILES string of the molecule is CC(=O)c1c(O)c(C)c(O)c2c1OC1=CC(=O)C(=C(C)NCC(=O)NCCc3nc(C)no3)C(=O)C12C. The van der Waals surface area contributed by atoms with Gasteiger partial charge in [-0.1, -0.05) is 5.16 Å². The maximum absolute atomic E-state index is 13.7. The van der Waals surface area contributed by atoms with Crippen molar-refractivity contribution in [3.05, 3.63) is 51.5 Å². The highest BCUT2D eigenvalue weighted by atomic mass is 16.5. The zero-order valence-corrected chi connectivity index (χ0v) is 20.9. The zero-order valence-electron chi connectivity index (χ0n) is 20.9. The lowest BCUT2D eigenvalue weighted by Gasteiger charge is -2.29. The third kappa shape index (κ3) is 4.13. The Morgan fingerprint density at radius 2 is 1.81 bits per heavy atom. The molecule has 1 aliphatic carbocycles. The molecule has 4 N–H and O–H groups in total. The molecule has 1 aromatic heterocycles. The predicted molar refractivity (Wildman–Crippen MR) is 127 cm³/mol. The molecule has 0 fully saturated rings. The topological polar surface area (TPSA) is 181 Å². The summed E-state index contributed by atoms with van der Waals surface area (Å²) in [6.07, 6.45) is 1.46. The summed E-state index contributed by atoms with van der Waals surface area (Å²) in [7, 11) is 0. The van der Waals surface area contributed by atoms with Gasteiger partial charge in [0.1, 0.15) is 34.0 Å². The van der Waals surface area contributed by atoms with E-state index in [1.807, 2.05) is 0 Å². The molecular formula is C25H26N4O8. The van der Waals surface area contributed by atoms with Crippen LogP contribution in [0.15, 0.2) is 27.6 Å².